The minimum atomic E-state index is -0.0746. The summed E-state index contributed by atoms with van der Waals surface area (Å²) >= 11 is 6.62. The number of rotatable bonds is 11. The summed E-state index contributed by atoms with van der Waals surface area (Å²) in [4.78, 5) is 35.6. The van der Waals surface area contributed by atoms with Crippen LogP contribution < -0.4 is 14.4 Å². The molecule has 0 atom stereocenters. The molecular weight excluding hydrogens is 518 g/mol. The molecule has 1 aliphatic heterocycles. The van der Waals surface area contributed by atoms with Crippen LogP contribution in [-0.4, -0.2) is 72.2 Å². The number of hydrogen-bond acceptors (Lipinski definition) is 5. The number of urea groups is 1. The van der Waals surface area contributed by atoms with E-state index < -0.39 is 0 Å². The maximum atomic E-state index is 13.7. The van der Waals surface area contributed by atoms with Gasteiger partial charge in [0.15, 0.2) is 11.5 Å². The minimum absolute atomic E-state index is 0.0524. The Morgan fingerprint density at radius 2 is 2.00 bits per heavy atom. The zero-order valence-electron chi connectivity index (χ0n) is 22.9. The highest BCUT2D eigenvalue weighted by atomic mass is 35.5. The van der Waals surface area contributed by atoms with Crippen molar-refractivity contribution in [3.8, 4) is 11.5 Å². The number of fused-ring (bicyclic) bond motifs is 1. The maximum absolute atomic E-state index is 13.7. The molecule has 2 fully saturated rings. The molecule has 3 aromatic rings. The Kier molecular flexibility index (Phi) is 8.16. The Morgan fingerprint density at radius 3 is 2.74 bits per heavy atom. The van der Waals surface area contributed by atoms with Crippen molar-refractivity contribution in [2.24, 2.45) is 5.92 Å². The molecule has 0 radical (unpaired) electrons. The van der Waals surface area contributed by atoms with Crippen molar-refractivity contribution < 1.29 is 19.1 Å². The van der Waals surface area contributed by atoms with Gasteiger partial charge >= 0.3 is 6.03 Å². The van der Waals surface area contributed by atoms with Crippen LogP contribution in [0.1, 0.15) is 37.7 Å². The highest BCUT2D eigenvalue weighted by Crippen LogP contribution is 2.36. The molecule has 39 heavy (non-hydrogen) atoms. The zero-order chi connectivity index (χ0) is 27.5. The number of pyridine rings is 1. The third kappa shape index (κ3) is 6.08. The van der Waals surface area contributed by atoms with Crippen LogP contribution in [0.15, 0.2) is 36.7 Å². The van der Waals surface area contributed by atoms with Gasteiger partial charge < -0.3 is 23.8 Å². The van der Waals surface area contributed by atoms with Gasteiger partial charge in [-0.1, -0.05) is 24.4 Å². The molecule has 208 valence electrons. The van der Waals surface area contributed by atoms with E-state index in [1.807, 2.05) is 29.2 Å². The number of ether oxygens (including phenoxy) is 2. The van der Waals surface area contributed by atoms with Crippen LogP contribution in [-0.2, 0) is 17.9 Å². The van der Waals surface area contributed by atoms with Gasteiger partial charge in [-0.25, -0.2) is 9.78 Å². The molecule has 0 unspecified atom stereocenters. The lowest BCUT2D eigenvalue weighted by molar-refractivity contribution is -0.129. The summed E-state index contributed by atoms with van der Waals surface area (Å²) in [6.45, 7) is 2.43. The molecule has 1 saturated heterocycles. The van der Waals surface area contributed by atoms with E-state index in [0.29, 0.717) is 48.4 Å². The quantitative estimate of drug-likeness (QED) is 0.305. The summed E-state index contributed by atoms with van der Waals surface area (Å²) in [5.41, 5.74) is 2.31. The van der Waals surface area contributed by atoms with Crippen LogP contribution in [0.2, 0.25) is 5.02 Å². The summed E-state index contributed by atoms with van der Waals surface area (Å²) in [6.07, 6.45) is 9.16. The fourth-order valence-electron chi connectivity index (χ4n) is 5.05. The predicted octanol–water partition coefficient (Wildman–Crippen LogP) is 5.19. The summed E-state index contributed by atoms with van der Waals surface area (Å²) in [5.74, 6) is 2.14. The molecule has 1 aromatic carbocycles. The molecule has 5 rings (SSSR count). The minimum Gasteiger partial charge on any atom is -0.493 e. The van der Waals surface area contributed by atoms with Crippen molar-refractivity contribution in [1.82, 2.24) is 19.4 Å². The topological polar surface area (TPSA) is 80.1 Å². The summed E-state index contributed by atoms with van der Waals surface area (Å²) < 4.78 is 13.3. The Labute approximate surface area is 234 Å². The number of carbonyl (C=O) groups excluding carboxylic acids is 2. The van der Waals surface area contributed by atoms with E-state index in [4.69, 9.17) is 21.1 Å². The first-order valence-corrected chi connectivity index (χ1v) is 13.9. The number of likely N-dealkylation sites (N-methyl/N-ethyl adjacent to an activating group) is 1. The maximum Gasteiger partial charge on any atom is 0.324 e. The van der Waals surface area contributed by atoms with E-state index in [0.717, 1.165) is 35.4 Å². The van der Waals surface area contributed by atoms with Gasteiger partial charge in [-0.2, -0.15) is 0 Å². The van der Waals surface area contributed by atoms with Gasteiger partial charge in [-0.05, 0) is 48.9 Å². The molecular formula is C29H36ClN5O4. The zero-order valence-corrected chi connectivity index (χ0v) is 23.6. The monoisotopic (exact) mass is 553 g/mol. The second-order valence-corrected chi connectivity index (χ2v) is 10.9. The molecule has 3 amide bonds. The third-order valence-corrected chi connectivity index (χ3v) is 7.73. The number of anilines is 1. The van der Waals surface area contributed by atoms with Crippen LogP contribution in [0.4, 0.5) is 10.5 Å². The van der Waals surface area contributed by atoms with Gasteiger partial charge in [-0.15, -0.1) is 0 Å². The number of methoxy groups -OCH3 is 1. The Bertz CT molecular complexity index is 1350. The largest absolute Gasteiger partial charge is 0.493 e. The fourth-order valence-corrected chi connectivity index (χ4v) is 5.37. The Balaban J connectivity index is 1.33. The first-order valence-electron chi connectivity index (χ1n) is 13.6. The number of hydrogen-bond donors (Lipinski definition) is 0. The molecule has 0 N–H and O–H groups in total. The number of amides is 3. The average Bonchev–Trinajstić information content (AvgIpc) is 3.70. The molecule has 10 heteroatoms. The van der Waals surface area contributed by atoms with E-state index in [-0.39, 0.29) is 18.5 Å². The van der Waals surface area contributed by atoms with Crippen LogP contribution >= 0.6 is 11.6 Å². The summed E-state index contributed by atoms with van der Waals surface area (Å²) in [7, 11) is 5.06. The normalized spacial score (nSPS) is 15.6. The summed E-state index contributed by atoms with van der Waals surface area (Å²) in [6, 6.07) is 7.48. The number of nitrogens with zero attached hydrogens (tertiary/aromatic N) is 5. The second-order valence-electron chi connectivity index (χ2n) is 10.5. The van der Waals surface area contributed by atoms with E-state index >= 15 is 0 Å². The van der Waals surface area contributed by atoms with E-state index in [2.05, 4.69) is 4.98 Å². The van der Waals surface area contributed by atoms with Gasteiger partial charge in [0.25, 0.3) is 0 Å². The first kappa shape index (κ1) is 27.1. The van der Waals surface area contributed by atoms with Crippen LogP contribution in [0.5, 0.6) is 11.5 Å². The SMILES string of the molecule is COc1ccc(N2CCCN(Cc3ccnc4c3c(Cl)cn4CC(=O)N(C)C)C2=O)cc1OCCCC1CC1. The Hall–Kier alpha value is -3.46. The van der Waals surface area contributed by atoms with Gasteiger partial charge in [0.1, 0.15) is 12.2 Å². The van der Waals surface area contributed by atoms with Crippen molar-refractivity contribution in [2.75, 3.05) is 45.8 Å². The third-order valence-electron chi connectivity index (χ3n) is 7.44. The van der Waals surface area contributed by atoms with E-state index in [9.17, 15) is 9.59 Å². The molecule has 2 aromatic heterocycles. The summed E-state index contributed by atoms with van der Waals surface area (Å²) in [5, 5.41) is 1.28. The van der Waals surface area contributed by atoms with Crippen molar-refractivity contribution in [3.05, 3.63) is 47.2 Å². The van der Waals surface area contributed by atoms with Gasteiger partial charge in [0.05, 0.1) is 18.7 Å². The lowest BCUT2D eigenvalue weighted by Gasteiger charge is -2.36. The lowest BCUT2D eigenvalue weighted by Crippen LogP contribution is -2.49. The molecule has 2 aliphatic rings. The number of aromatic nitrogens is 2. The van der Waals surface area contributed by atoms with Crippen molar-refractivity contribution in [3.63, 3.8) is 0 Å². The van der Waals surface area contributed by atoms with E-state index in [1.54, 1.807) is 43.1 Å². The van der Waals surface area contributed by atoms with Crippen LogP contribution in [0.3, 0.4) is 0 Å². The average molecular weight is 554 g/mol. The standard InChI is InChI=1S/C29H36ClN5O4/c1-32(2)26(36)19-34-18-23(30)27-21(11-12-31-28(27)34)17-33-13-5-14-35(29(33)37)22-9-10-24(38-3)25(16-22)39-15-4-6-20-7-8-20/h9-12,16,18,20H,4-8,13-15,17,19H2,1-3H3. The van der Waals surface area contributed by atoms with Crippen LogP contribution in [0, 0.1) is 5.92 Å². The molecule has 1 aliphatic carbocycles. The van der Waals surface area contributed by atoms with Crippen molar-refractivity contribution in [1.29, 1.82) is 0 Å². The predicted molar refractivity (Wildman–Crippen MR) is 152 cm³/mol. The van der Waals surface area contributed by atoms with Gasteiger partial charge in [-0.3, -0.25) is 9.69 Å². The number of benzene rings is 1. The highest BCUT2D eigenvalue weighted by Gasteiger charge is 2.29. The smallest absolute Gasteiger partial charge is 0.324 e. The van der Waals surface area contributed by atoms with Gasteiger partial charge in [0.2, 0.25) is 5.91 Å². The molecule has 0 spiro atoms. The van der Waals surface area contributed by atoms with E-state index in [1.165, 1.54) is 24.2 Å². The van der Waals surface area contributed by atoms with Crippen molar-refractivity contribution in [2.45, 2.75) is 45.2 Å². The van der Waals surface area contributed by atoms with Crippen molar-refractivity contribution >= 4 is 40.3 Å². The highest BCUT2D eigenvalue weighted by molar-refractivity contribution is 6.35. The van der Waals surface area contributed by atoms with Crippen LogP contribution in [0.25, 0.3) is 11.0 Å². The second kappa shape index (κ2) is 11.7. The molecule has 9 nitrogen and oxygen atoms in total. The first-order chi connectivity index (χ1) is 18.9. The molecule has 1 saturated carbocycles. The lowest BCUT2D eigenvalue weighted by atomic mass is 10.1. The number of carbonyl (C=O) groups is 2. The molecule has 0 bridgehead atoms. The molecule has 3 heterocycles. The van der Waals surface area contributed by atoms with Gasteiger partial charge in [0, 0.05) is 63.3 Å². The Morgan fingerprint density at radius 1 is 1.18 bits per heavy atom. The fraction of sp³-hybridized carbons (Fsp3) is 0.483. The number of halogens is 1.